The zero-order chi connectivity index (χ0) is 14.8. The number of benzene rings is 1. The zero-order valence-corrected chi connectivity index (χ0v) is 12.2. The summed E-state index contributed by atoms with van der Waals surface area (Å²) in [5, 5.41) is 9.26. The lowest BCUT2D eigenvalue weighted by Gasteiger charge is -2.18. The van der Waals surface area contributed by atoms with E-state index < -0.39 is 10.0 Å². The van der Waals surface area contributed by atoms with Gasteiger partial charge in [0.2, 0.25) is 10.0 Å². The SMILES string of the molecule is CN(Cc1nccn1C)S(=O)(=O)c1ccccc1CO. The zero-order valence-electron chi connectivity index (χ0n) is 11.4. The minimum atomic E-state index is -3.65. The third-order valence-corrected chi connectivity index (χ3v) is 5.02. The van der Waals surface area contributed by atoms with Gasteiger partial charge < -0.3 is 9.67 Å². The summed E-state index contributed by atoms with van der Waals surface area (Å²) >= 11 is 0. The van der Waals surface area contributed by atoms with Crippen molar-refractivity contribution in [1.82, 2.24) is 13.9 Å². The molecule has 0 bridgehead atoms. The summed E-state index contributed by atoms with van der Waals surface area (Å²) in [6.07, 6.45) is 3.38. The summed E-state index contributed by atoms with van der Waals surface area (Å²) in [7, 11) is -0.346. The minimum Gasteiger partial charge on any atom is -0.392 e. The van der Waals surface area contributed by atoms with Gasteiger partial charge in [0.05, 0.1) is 18.0 Å². The molecular weight excluding hydrogens is 278 g/mol. The monoisotopic (exact) mass is 295 g/mol. The molecule has 6 nitrogen and oxygen atoms in total. The van der Waals surface area contributed by atoms with Gasteiger partial charge in [-0.25, -0.2) is 13.4 Å². The average molecular weight is 295 g/mol. The molecule has 0 fully saturated rings. The molecule has 2 rings (SSSR count). The van der Waals surface area contributed by atoms with Crippen LogP contribution < -0.4 is 0 Å². The molecule has 1 N–H and O–H groups in total. The first kappa shape index (κ1) is 14.7. The van der Waals surface area contributed by atoms with Crippen molar-refractivity contribution < 1.29 is 13.5 Å². The highest BCUT2D eigenvalue weighted by Crippen LogP contribution is 2.20. The lowest BCUT2D eigenvalue weighted by atomic mass is 10.2. The molecule has 108 valence electrons. The highest BCUT2D eigenvalue weighted by molar-refractivity contribution is 7.89. The Bertz CT molecular complexity index is 694. The van der Waals surface area contributed by atoms with Gasteiger partial charge in [0.1, 0.15) is 5.82 Å². The molecule has 0 aliphatic carbocycles. The Balaban J connectivity index is 2.32. The van der Waals surface area contributed by atoms with Crippen LogP contribution in [0.5, 0.6) is 0 Å². The molecule has 2 aromatic rings. The molecule has 7 heteroatoms. The van der Waals surface area contributed by atoms with Gasteiger partial charge in [0, 0.05) is 26.5 Å². The number of aliphatic hydroxyl groups excluding tert-OH is 1. The number of nitrogens with zero attached hydrogens (tertiary/aromatic N) is 3. The Labute approximate surface area is 118 Å². The molecule has 0 radical (unpaired) electrons. The second-order valence-corrected chi connectivity index (χ2v) is 6.49. The first-order valence-electron chi connectivity index (χ1n) is 6.08. The van der Waals surface area contributed by atoms with Gasteiger partial charge in [0.15, 0.2) is 0 Å². The molecule has 0 spiro atoms. The molecule has 0 aliphatic rings. The van der Waals surface area contributed by atoms with E-state index in [1.807, 2.05) is 7.05 Å². The van der Waals surface area contributed by atoms with Crippen LogP contribution in [0.1, 0.15) is 11.4 Å². The Morgan fingerprint density at radius 3 is 2.65 bits per heavy atom. The molecule has 0 unspecified atom stereocenters. The van der Waals surface area contributed by atoms with Gasteiger partial charge >= 0.3 is 0 Å². The summed E-state index contributed by atoms with van der Waals surface area (Å²) in [5.41, 5.74) is 0.388. The van der Waals surface area contributed by atoms with Crippen molar-refractivity contribution in [2.45, 2.75) is 18.0 Å². The summed E-state index contributed by atoms with van der Waals surface area (Å²) in [5.74, 6) is 0.651. The number of hydrogen-bond acceptors (Lipinski definition) is 4. The normalized spacial score (nSPS) is 12.0. The largest absolute Gasteiger partial charge is 0.392 e. The molecule has 0 amide bonds. The second kappa shape index (κ2) is 5.74. The van der Waals surface area contributed by atoms with E-state index in [-0.39, 0.29) is 18.0 Å². The first-order chi connectivity index (χ1) is 9.46. The van der Waals surface area contributed by atoms with Crippen LogP contribution in [-0.2, 0) is 30.2 Å². The predicted molar refractivity (Wildman–Crippen MR) is 74.2 cm³/mol. The Morgan fingerprint density at radius 1 is 1.35 bits per heavy atom. The first-order valence-corrected chi connectivity index (χ1v) is 7.52. The number of aryl methyl sites for hydroxylation is 1. The van der Waals surface area contributed by atoms with E-state index >= 15 is 0 Å². The summed E-state index contributed by atoms with van der Waals surface area (Å²) in [4.78, 5) is 4.24. The minimum absolute atomic E-state index is 0.124. The molecule has 0 saturated carbocycles. The van der Waals surface area contributed by atoms with Gasteiger partial charge in [-0.2, -0.15) is 4.31 Å². The average Bonchev–Trinajstić information content (AvgIpc) is 2.84. The highest BCUT2D eigenvalue weighted by Gasteiger charge is 2.24. The van der Waals surface area contributed by atoms with Crippen molar-refractivity contribution in [1.29, 1.82) is 0 Å². The number of imidazole rings is 1. The van der Waals surface area contributed by atoms with E-state index in [9.17, 15) is 13.5 Å². The molecule has 1 heterocycles. The molecule has 1 aromatic carbocycles. The van der Waals surface area contributed by atoms with Crippen molar-refractivity contribution in [3.63, 3.8) is 0 Å². The van der Waals surface area contributed by atoms with Crippen LogP contribution >= 0.6 is 0 Å². The van der Waals surface area contributed by atoms with Crippen LogP contribution in [0.3, 0.4) is 0 Å². The number of hydrogen-bond donors (Lipinski definition) is 1. The van der Waals surface area contributed by atoms with E-state index in [1.54, 1.807) is 35.2 Å². The van der Waals surface area contributed by atoms with Gasteiger partial charge in [-0.1, -0.05) is 18.2 Å². The highest BCUT2D eigenvalue weighted by atomic mass is 32.2. The van der Waals surface area contributed by atoms with Gasteiger partial charge in [0.25, 0.3) is 0 Å². The molecule has 0 atom stereocenters. The Kier molecular flexibility index (Phi) is 4.22. The van der Waals surface area contributed by atoms with E-state index in [4.69, 9.17) is 0 Å². The van der Waals surface area contributed by atoms with E-state index in [0.29, 0.717) is 11.4 Å². The standard InChI is InChI=1S/C13H17N3O3S/c1-15-8-7-14-13(15)9-16(2)20(18,19)12-6-4-3-5-11(12)10-17/h3-8,17H,9-10H2,1-2H3. The molecule has 1 aromatic heterocycles. The van der Waals surface area contributed by atoms with Crippen LogP contribution in [0.4, 0.5) is 0 Å². The third kappa shape index (κ3) is 2.74. The van der Waals surface area contributed by atoms with Gasteiger partial charge in [-0.05, 0) is 11.6 Å². The maximum atomic E-state index is 12.5. The Morgan fingerprint density at radius 2 is 2.05 bits per heavy atom. The number of aromatic nitrogens is 2. The van der Waals surface area contributed by atoms with Crippen LogP contribution in [-0.4, -0.2) is 34.4 Å². The summed E-state index contributed by atoms with van der Waals surface area (Å²) in [6, 6.07) is 6.43. The maximum absolute atomic E-state index is 12.5. The number of sulfonamides is 1. The predicted octanol–water partition coefficient (Wildman–Crippen LogP) is 0.733. The number of aliphatic hydroxyl groups is 1. The second-order valence-electron chi connectivity index (χ2n) is 4.48. The van der Waals surface area contributed by atoms with Crippen LogP contribution in [0, 0.1) is 0 Å². The fourth-order valence-electron chi connectivity index (χ4n) is 1.89. The third-order valence-electron chi connectivity index (χ3n) is 3.12. The van der Waals surface area contributed by atoms with Crippen molar-refractivity contribution in [2.75, 3.05) is 7.05 Å². The van der Waals surface area contributed by atoms with Crippen molar-refractivity contribution in [3.8, 4) is 0 Å². The lowest BCUT2D eigenvalue weighted by molar-refractivity contribution is 0.278. The Hall–Kier alpha value is -1.70. The fourth-order valence-corrected chi connectivity index (χ4v) is 3.22. The topological polar surface area (TPSA) is 75.4 Å². The smallest absolute Gasteiger partial charge is 0.243 e. The van der Waals surface area contributed by atoms with Crippen molar-refractivity contribution in [3.05, 3.63) is 48.0 Å². The fraction of sp³-hybridized carbons (Fsp3) is 0.308. The maximum Gasteiger partial charge on any atom is 0.243 e. The van der Waals surface area contributed by atoms with Crippen molar-refractivity contribution >= 4 is 10.0 Å². The summed E-state index contributed by atoms with van der Waals surface area (Å²) in [6.45, 7) is -0.142. The summed E-state index contributed by atoms with van der Waals surface area (Å²) < 4.78 is 28.0. The molecular formula is C13H17N3O3S. The van der Waals surface area contributed by atoms with E-state index in [0.717, 1.165) is 0 Å². The van der Waals surface area contributed by atoms with Crippen molar-refractivity contribution in [2.24, 2.45) is 7.05 Å². The van der Waals surface area contributed by atoms with E-state index in [1.165, 1.54) is 17.4 Å². The van der Waals surface area contributed by atoms with Gasteiger partial charge in [-0.15, -0.1) is 0 Å². The van der Waals surface area contributed by atoms with E-state index in [2.05, 4.69) is 4.98 Å². The molecule has 0 aliphatic heterocycles. The van der Waals surface area contributed by atoms with Crippen LogP contribution in [0.25, 0.3) is 0 Å². The quantitative estimate of drug-likeness (QED) is 0.882. The molecule has 0 saturated heterocycles. The van der Waals surface area contributed by atoms with Crippen LogP contribution in [0.15, 0.2) is 41.6 Å². The van der Waals surface area contributed by atoms with Crippen LogP contribution in [0.2, 0.25) is 0 Å². The lowest BCUT2D eigenvalue weighted by Crippen LogP contribution is -2.28. The number of rotatable bonds is 5. The molecule has 20 heavy (non-hydrogen) atoms. The van der Waals surface area contributed by atoms with Gasteiger partial charge in [-0.3, -0.25) is 0 Å².